The van der Waals surface area contributed by atoms with E-state index in [2.05, 4.69) is 5.48 Å². The van der Waals surface area contributed by atoms with Crippen LogP contribution in [0, 0.1) is 11.7 Å². The minimum Gasteiger partial charge on any atom is -0.493 e. The first-order valence-electron chi connectivity index (χ1n) is 10.3. The van der Waals surface area contributed by atoms with E-state index in [4.69, 9.17) is 14.3 Å². The third-order valence-corrected chi connectivity index (χ3v) is 5.11. The molecule has 6 nitrogen and oxygen atoms in total. The van der Waals surface area contributed by atoms with Gasteiger partial charge in [-0.05, 0) is 54.3 Å². The van der Waals surface area contributed by atoms with Gasteiger partial charge in [0.15, 0.2) is 11.5 Å². The molecule has 0 aromatic heterocycles. The standard InChI is InChI=1S/C24H26FNO5/c1-29-22-15-17(9-13-21(22)30-16-18-7-11-20(25)12-8-18)10-14-23(27)26-31-24(28)19-5-3-2-4-6-19/h7-15,19H,2-6,16H2,1H3,(H,26,27)/b14-10+. The number of carbonyl (C=O) groups is 2. The Morgan fingerprint density at radius 3 is 2.52 bits per heavy atom. The molecule has 31 heavy (non-hydrogen) atoms. The summed E-state index contributed by atoms with van der Waals surface area (Å²) in [6.07, 6.45) is 7.63. The lowest BCUT2D eigenvalue weighted by molar-refractivity contribution is -0.161. The summed E-state index contributed by atoms with van der Waals surface area (Å²) >= 11 is 0. The van der Waals surface area contributed by atoms with Crippen molar-refractivity contribution in [1.29, 1.82) is 0 Å². The molecule has 0 aliphatic heterocycles. The summed E-state index contributed by atoms with van der Waals surface area (Å²) in [4.78, 5) is 28.8. The number of hydrogen-bond acceptors (Lipinski definition) is 5. The van der Waals surface area contributed by atoms with Crippen molar-refractivity contribution in [1.82, 2.24) is 5.48 Å². The molecule has 0 unspecified atom stereocenters. The SMILES string of the molecule is COc1cc(/C=C/C(=O)NOC(=O)C2CCCCC2)ccc1OCc1ccc(F)cc1. The molecule has 3 rings (SSSR count). The van der Waals surface area contributed by atoms with Crippen LogP contribution in [0.2, 0.25) is 0 Å². The van der Waals surface area contributed by atoms with Crippen LogP contribution < -0.4 is 15.0 Å². The average Bonchev–Trinajstić information content (AvgIpc) is 2.81. The number of halogens is 1. The monoisotopic (exact) mass is 427 g/mol. The van der Waals surface area contributed by atoms with Crippen LogP contribution in [0.5, 0.6) is 11.5 Å². The highest BCUT2D eigenvalue weighted by Crippen LogP contribution is 2.29. The molecule has 7 heteroatoms. The second kappa shape index (κ2) is 11.2. The van der Waals surface area contributed by atoms with Gasteiger partial charge >= 0.3 is 5.97 Å². The third kappa shape index (κ3) is 6.84. The molecule has 1 aliphatic carbocycles. The van der Waals surface area contributed by atoms with Crippen molar-refractivity contribution < 1.29 is 28.3 Å². The molecule has 0 atom stereocenters. The Bertz CT molecular complexity index is 920. The van der Waals surface area contributed by atoms with Gasteiger partial charge in [0.05, 0.1) is 13.0 Å². The van der Waals surface area contributed by atoms with E-state index in [9.17, 15) is 14.0 Å². The second-order valence-electron chi connectivity index (χ2n) is 7.38. The Morgan fingerprint density at radius 1 is 1.06 bits per heavy atom. The molecule has 1 saturated carbocycles. The average molecular weight is 427 g/mol. The molecule has 0 heterocycles. The molecule has 1 aliphatic rings. The van der Waals surface area contributed by atoms with Gasteiger partial charge in [-0.1, -0.05) is 37.5 Å². The Hall–Kier alpha value is -3.35. The number of ether oxygens (including phenoxy) is 2. The van der Waals surface area contributed by atoms with Gasteiger partial charge in [-0.3, -0.25) is 4.79 Å². The van der Waals surface area contributed by atoms with Crippen molar-refractivity contribution in [3.63, 3.8) is 0 Å². The first kappa shape index (κ1) is 22.3. The summed E-state index contributed by atoms with van der Waals surface area (Å²) in [5.41, 5.74) is 3.71. The van der Waals surface area contributed by atoms with Crippen LogP contribution in [0.1, 0.15) is 43.2 Å². The highest BCUT2D eigenvalue weighted by Gasteiger charge is 2.23. The van der Waals surface area contributed by atoms with Crippen molar-refractivity contribution in [2.45, 2.75) is 38.7 Å². The van der Waals surface area contributed by atoms with Gasteiger partial charge in [0.1, 0.15) is 12.4 Å². The fraction of sp³-hybridized carbons (Fsp3) is 0.333. The van der Waals surface area contributed by atoms with Crippen LogP contribution in [-0.2, 0) is 21.0 Å². The van der Waals surface area contributed by atoms with Crippen LogP contribution >= 0.6 is 0 Å². The zero-order valence-electron chi connectivity index (χ0n) is 17.4. The maximum Gasteiger partial charge on any atom is 0.335 e. The van der Waals surface area contributed by atoms with Gasteiger partial charge in [-0.15, -0.1) is 0 Å². The Morgan fingerprint density at radius 2 is 1.81 bits per heavy atom. The van der Waals surface area contributed by atoms with Crippen LogP contribution in [0.25, 0.3) is 6.08 Å². The molecular formula is C24H26FNO5. The third-order valence-electron chi connectivity index (χ3n) is 5.11. The summed E-state index contributed by atoms with van der Waals surface area (Å²) in [5.74, 6) is -0.330. The number of hydrogen-bond donors (Lipinski definition) is 1. The van der Waals surface area contributed by atoms with Crippen LogP contribution in [0.15, 0.2) is 48.5 Å². The molecule has 0 spiro atoms. The van der Waals surface area contributed by atoms with Crippen molar-refractivity contribution in [2.75, 3.05) is 7.11 Å². The van der Waals surface area contributed by atoms with Crippen LogP contribution in [0.4, 0.5) is 4.39 Å². The minimum atomic E-state index is -0.528. The van der Waals surface area contributed by atoms with Gasteiger partial charge < -0.3 is 14.3 Å². The van der Waals surface area contributed by atoms with E-state index in [-0.39, 0.29) is 24.3 Å². The van der Waals surface area contributed by atoms with Gasteiger partial charge in [0.2, 0.25) is 0 Å². The molecule has 1 N–H and O–H groups in total. The number of amides is 1. The van der Waals surface area contributed by atoms with Crippen LogP contribution in [-0.4, -0.2) is 19.0 Å². The molecule has 2 aromatic rings. The minimum absolute atomic E-state index is 0.134. The number of methoxy groups -OCH3 is 1. The molecule has 164 valence electrons. The summed E-state index contributed by atoms with van der Waals surface area (Å²) in [5, 5.41) is 0. The van der Waals surface area contributed by atoms with E-state index < -0.39 is 5.91 Å². The number of hydroxylamine groups is 1. The summed E-state index contributed by atoms with van der Waals surface area (Å²) in [6, 6.07) is 11.3. The van der Waals surface area contributed by atoms with E-state index in [0.717, 1.165) is 37.7 Å². The van der Waals surface area contributed by atoms with Crippen molar-refractivity contribution >= 4 is 18.0 Å². The smallest absolute Gasteiger partial charge is 0.335 e. The Kier molecular flexibility index (Phi) is 8.04. The van der Waals surface area contributed by atoms with Gasteiger partial charge in [0.25, 0.3) is 5.91 Å². The molecule has 0 saturated heterocycles. The highest BCUT2D eigenvalue weighted by molar-refractivity contribution is 5.92. The van der Waals surface area contributed by atoms with Gasteiger partial charge in [0, 0.05) is 6.08 Å². The quantitative estimate of drug-likeness (QED) is 0.517. The lowest BCUT2D eigenvalue weighted by Crippen LogP contribution is -2.30. The van der Waals surface area contributed by atoms with E-state index in [0.29, 0.717) is 17.1 Å². The lowest BCUT2D eigenvalue weighted by atomic mass is 9.89. The fourth-order valence-electron chi connectivity index (χ4n) is 3.38. The molecule has 0 radical (unpaired) electrons. The zero-order chi connectivity index (χ0) is 22.1. The molecule has 2 aromatic carbocycles. The predicted molar refractivity (Wildman–Crippen MR) is 114 cm³/mol. The largest absolute Gasteiger partial charge is 0.493 e. The Balaban J connectivity index is 1.52. The fourth-order valence-corrected chi connectivity index (χ4v) is 3.38. The lowest BCUT2D eigenvalue weighted by Gasteiger charge is -2.19. The van der Waals surface area contributed by atoms with Gasteiger partial charge in [-0.25, -0.2) is 9.18 Å². The molecule has 1 amide bonds. The number of carbonyl (C=O) groups excluding carboxylic acids is 2. The highest BCUT2D eigenvalue weighted by atomic mass is 19.1. The molecule has 0 bridgehead atoms. The van der Waals surface area contributed by atoms with E-state index >= 15 is 0 Å². The first-order valence-corrected chi connectivity index (χ1v) is 10.3. The Labute approximate surface area is 181 Å². The molecule has 1 fully saturated rings. The summed E-state index contributed by atoms with van der Waals surface area (Å²) < 4.78 is 24.1. The van der Waals surface area contributed by atoms with E-state index in [1.54, 1.807) is 36.4 Å². The number of rotatable bonds is 7. The van der Waals surface area contributed by atoms with Crippen molar-refractivity contribution in [3.8, 4) is 11.5 Å². The first-order chi connectivity index (χ1) is 15.0. The van der Waals surface area contributed by atoms with Crippen molar-refractivity contribution in [3.05, 3.63) is 65.5 Å². The maximum absolute atomic E-state index is 13.0. The number of benzene rings is 2. The maximum atomic E-state index is 13.0. The van der Waals surface area contributed by atoms with Gasteiger partial charge in [-0.2, -0.15) is 5.48 Å². The normalized spacial score (nSPS) is 14.3. The molecular weight excluding hydrogens is 401 g/mol. The van der Waals surface area contributed by atoms with E-state index in [1.807, 2.05) is 0 Å². The zero-order valence-corrected chi connectivity index (χ0v) is 17.4. The topological polar surface area (TPSA) is 73.9 Å². The van der Waals surface area contributed by atoms with Crippen molar-refractivity contribution in [2.24, 2.45) is 5.92 Å². The summed E-state index contributed by atoms with van der Waals surface area (Å²) in [7, 11) is 1.52. The predicted octanol–water partition coefficient (Wildman–Crippen LogP) is 4.58. The van der Waals surface area contributed by atoms with E-state index in [1.165, 1.54) is 25.3 Å². The number of nitrogens with one attached hydrogen (secondary N) is 1. The second-order valence-corrected chi connectivity index (χ2v) is 7.38. The van der Waals surface area contributed by atoms with Crippen LogP contribution in [0.3, 0.4) is 0 Å². The summed E-state index contributed by atoms with van der Waals surface area (Å²) in [6.45, 7) is 0.264.